The molecule has 35 heavy (non-hydrogen) atoms. The Labute approximate surface area is 207 Å². The van der Waals surface area contributed by atoms with Gasteiger partial charge in [-0.1, -0.05) is 71.0 Å². The second-order valence-corrected chi connectivity index (χ2v) is 8.94. The largest absolute Gasteiger partial charge is 0.424 e. The van der Waals surface area contributed by atoms with Crippen LogP contribution in [0.2, 0.25) is 0 Å². The Morgan fingerprint density at radius 3 is 1.37 bits per heavy atom. The van der Waals surface area contributed by atoms with E-state index in [9.17, 15) is 0 Å². The molecule has 1 aromatic heterocycles. The van der Waals surface area contributed by atoms with E-state index >= 15 is 0 Å². The fraction of sp³-hybridized carbons (Fsp3) is 0.276. The van der Waals surface area contributed by atoms with Crippen LogP contribution in [0.3, 0.4) is 0 Å². The molecule has 0 aliphatic heterocycles. The first kappa shape index (κ1) is 24.2. The second-order valence-electron chi connectivity index (χ2n) is 8.94. The first-order valence-corrected chi connectivity index (χ1v) is 12.0. The zero-order valence-corrected chi connectivity index (χ0v) is 20.9. The molecule has 0 aliphatic carbocycles. The van der Waals surface area contributed by atoms with Crippen LogP contribution in [0.15, 0.2) is 72.8 Å². The summed E-state index contributed by atoms with van der Waals surface area (Å²) in [5.74, 6) is 2.64. The fourth-order valence-electron chi connectivity index (χ4n) is 3.48. The van der Waals surface area contributed by atoms with Gasteiger partial charge in [0, 0.05) is 0 Å². The lowest BCUT2D eigenvalue weighted by atomic mass is 10.0. The molecule has 0 aliphatic rings. The number of aromatic nitrogens is 3. The Kier molecular flexibility index (Phi) is 7.60. The van der Waals surface area contributed by atoms with Crippen LogP contribution < -0.4 is 14.2 Å². The van der Waals surface area contributed by atoms with Gasteiger partial charge in [0.05, 0.1) is 0 Å². The molecule has 180 valence electrons. The molecular weight excluding hydrogens is 438 g/mol. The minimum Gasteiger partial charge on any atom is -0.424 e. The van der Waals surface area contributed by atoms with Crippen molar-refractivity contribution in [2.75, 3.05) is 0 Å². The van der Waals surface area contributed by atoms with Gasteiger partial charge in [0.2, 0.25) is 0 Å². The molecule has 6 heteroatoms. The number of rotatable bonds is 9. The molecule has 4 rings (SSSR count). The normalized spacial score (nSPS) is 11.1. The number of ether oxygens (including phenoxy) is 3. The number of nitrogens with zero attached hydrogens (tertiary/aromatic N) is 3. The minimum absolute atomic E-state index is 0.0950. The molecule has 0 radical (unpaired) electrons. The van der Waals surface area contributed by atoms with Crippen molar-refractivity contribution in [3.8, 4) is 35.3 Å². The molecule has 0 unspecified atom stereocenters. The Bertz CT molecular complexity index is 1220. The van der Waals surface area contributed by atoms with E-state index < -0.39 is 0 Å². The van der Waals surface area contributed by atoms with Gasteiger partial charge in [-0.2, -0.15) is 0 Å². The number of benzene rings is 3. The standard InChI is InChI=1S/C29H31N3O3/c1-6-21-10-7-13-24(16-21)33-27-30-28(34-25-14-8-11-22(17-25)19(2)3)32-29(31-27)35-26-15-9-12-23(18-26)20(4)5/h7-20H,6H2,1-5H3. The summed E-state index contributed by atoms with van der Waals surface area (Å²) in [5.41, 5.74) is 3.47. The van der Waals surface area contributed by atoms with Crippen LogP contribution >= 0.6 is 0 Å². The van der Waals surface area contributed by atoms with E-state index in [1.54, 1.807) is 0 Å². The van der Waals surface area contributed by atoms with Crippen LogP contribution in [0.1, 0.15) is 63.1 Å². The summed E-state index contributed by atoms with van der Waals surface area (Å²) in [6.45, 7) is 10.6. The molecule has 0 atom stereocenters. The molecule has 0 amide bonds. The lowest BCUT2D eigenvalue weighted by molar-refractivity contribution is 0.361. The van der Waals surface area contributed by atoms with E-state index in [0.29, 0.717) is 29.1 Å². The molecule has 0 saturated carbocycles. The van der Waals surface area contributed by atoms with Gasteiger partial charge in [-0.05, 0) is 71.3 Å². The van der Waals surface area contributed by atoms with Gasteiger partial charge in [0.1, 0.15) is 17.2 Å². The Hall–Kier alpha value is -3.93. The molecule has 1 heterocycles. The maximum atomic E-state index is 6.01. The van der Waals surface area contributed by atoms with Gasteiger partial charge < -0.3 is 14.2 Å². The number of hydrogen-bond acceptors (Lipinski definition) is 6. The highest BCUT2D eigenvalue weighted by atomic mass is 16.5. The van der Waals surface area contributed by atoms with E-state index in [0.717, 1.165) is 23.1 Å². The molecule has 6 nitrogen and oxygen atoms in total. The number of aryl methyl sites for hydroxylation is 1. The Morgan fingerprint density at radius 2 is 0.971 bits per heavy atom. The lowest BCUT2D eigenvalue weighted by Gasteiger charge is -2.12. The maximum absolute atomic E-state index is 6.01. The molecule has 0 fully saturated rings. The minimum atomic E-state index is 0.0950. The van der Waals surface area contributed by atoms with E-state index in [1.165, 1.54) is 0 Å². The summed E-state index contributed by atoms with van der Waals surface area (Å²) in [6, 6.07) is 23.8. The topological polar surface area (TPSA) is 66.4 Å². The van der Waals surface area contributed by atoms with Crippen molar-refractivity contribution in [3.05, 3.63) is 89.5 Å². The third kappa shape index (κ3) is 6.57. The summed E-state index contributed by atoms with van der Waals surface area (Å²) >= 11 is 0. The molecule has 4 aromatic rings. The van der Waals surface area contributed by atoms with Crippen LogP contribution in [0.25, 0.3) is 0 Å². The smallest absolute Gasteiger partial charge is 0.331 e. The summed E-state index contributed by atoms with van der Waals surface area (Å²) in [5, 5.41) is 0. The lowest BCUT2D eigenvalue weighted by Crippen LogP contribution is -2.02. The molecule has 0 saturated heterocycles. The summed E-state index contributed by atoms with van der Waals surface area (Å²) in [6.07, 6.45) is 0.898. The zero-order valence-electron chi connectivity index (χ0n) is 20.9. The average molecular weight is 470 g/mol. The van der Waals surface area contributed by atoms with Gasteiger partial charge in [-0.3, -0.25) is 0 Å². The third-order valence-corrected chi connectivity index (χ3v) is 5.56. The van der Waals surface area contributed by atoms with Gasteiger partial charge in [-0.15, -0.1) is 15.0 Å². The van der Waals surface area contributed by atoms with Crippen LogP contribution in [-0.4, -0.2) is 15.0 Å². The summed E-state index contributed by atoms with van der Waals surface area (Å²) in [4.78, 5) is 13.2. The quantitative estimate of drug-likeness (QED) is 0.247. The monoisotopic (exact) mass is 469 g/mol. The number of hydrogen-bond donors (Lipinski definition) is 0. The van der Waals surface area contributed by atoms with Gasteiger partial charge in [0.15, 0.2) is 0 Å². The highest BCUT2D eigenvalue weighted by Crippen LogP contribution is 2.29. The van der Waals surface area contributed by atoms with Gasteiger partial charge in [-0.25, -0.2) is 0 Å². The Morgan fingerprint density at radius 1 is 0.571 bits per heavy atom. The van der Waals surface area contributed by atoms with Crippen molar-refractivity contribution in [2.24, 2.45) is 0 Å². The predicted octanol–water partition coefficient (Wildman–Crippen LogP) is 8.06. The van der Waals surface area contributed by atoms with E-state index in [-0.39, 0.29) is 18.0 Å². The van der Waals surface area contributed by atoms with Crippen molar-refractivity contribution < 1.29 is 14.2 Å². The third-order valence-electron chi connectivity index (χ3n) is 5.56. The molecule has 0 N–H and O–H groups in total. The van der Waals surface area contributed by atoms with Crippen molar-refractivity contribution >= 4 is 0 Å². The first-order valence-electron chi connectivity index (χ1n) is 12.0. The highest BCUT2D eigenvalue weighted by molar-refractivity contribution is 5.35. The van der Waals surface area contributed by atoms with Gasteiger partial charge in [0.25, 0.3) is 0 Å². The van der Waals surface area contributed by atoms with Crippen LogP contribution in [0.5, 0.6) is 35.3 Å². The molecule has 3 aromatic carbocycles. The maximum Gasteiger partial charge on any atom is 0.331 e. The van der Waals surface area contributed by atoms with E-state index in [4.69, 9.17) is 14.2 Å². The Balaban J connectivity index is 1.67. The molecule has 0 bridgehead atoms. The summed E-state index contributed by atoms with van der Waals surface area (Å²) < 4.78 is 18.0. The SMILES string of the molecule is CCc1cccc(Oc2nc(Oc3cccc(C(C)C)c3)nc(Oc3cccc(C(C)C)c3)n2)c1. The molecular formula is C29H31N3O3. The zero-order chi connectivity index (χ0) is 24.8. The fourth-order valence-corrected chi connectivity index (χ4v) is 3.48. The van der Waals surface area contributed by atoms with Crippen molar-refractivity contribution in [2.45, 2.75) is 52.9 Å². The highest BCUT2D eigenvalue weighted by Gasteiger charge is 2.14. The van der Waals surface area contributed by atoms with Crippen molar-refractivity contribution in [3.63, 3.8) is 0 Å². The van der Waals surface area contributed by atoms with Crippen LogP contribution in [0.4, 0.5) is 0 Å². The molecule has 0 spiro atoms. The van der Waals surface area contributed by atoms with Crippen molar-refractivity contribution in [1.29, 1.82) is 0 Å². The predicted molar refractivity (Wildman–Crippen MR) is 137 cm³/mol. The van der Waals surface area contributed by atoms with E-state index in [1.807, 2.05) is 60.7 Å². The van der Waals surface area contributed by atoms with Crippen LogP contribution in [-0.2, 0) is 6.42 Å². The first-order chi connectivity index (χ1) is 16.9. The van der Waals surface area contributed by atoms with E-state index in [2.05, 4.69) is 61.7 Å². The summed E-state index contributed by atoms with van der Waals surface area (Å²) in [7, 11) is 0. The average Bonchev–Trinajstić information content (AvgIpc) is 2.84. The van der Waals surface area contributed by atoms with Crippen LogP contribution in [0, 0.1) is 0 Å². The second kappa shape index (κ2) is 11.0. The van der Waals surface area contributed by atoms with Crippen molar-refractivity contribution in [1.82, 2.24) is 15.0 Å². The van der Waals surface area contributed by atoms with Gasteiger partial charge >= 0.3 is 18.0 Å².